The predicted octanol–water partition coefficient (Wildman–Crippen LogP) is 5.34. The van der Waals surface area contributed by atoms with Gasteiger partial charge in [0, 0.05) is 18.5 Å². The van der Waals surface area contributed by atoms with Crippen LogP contribution < -0.4 is 9.92 Å². The van der Waals surface area contributed by atoms with Crippen molar-refractivity contribution in [3.8, 4) is 17.6 Å². The topological polar surface area (TPSA) is 12.5 Å². The Morgan fingerprint density at radius 3 is 2.28 bits per heavy atom. The summed E-state index contributed by atoms with van der Waals surface area (Å²) in [6.45, 7) is 20.3. The smallest absolute Gasteiger partial charge is 0.119 e. The van der Waals surface area contributed by atoms with E-state index in [2.05, 4.69) is 121 Å². The van der Waals surface area contributed by atoms with Crippen molar-refractivity contribution in [2.75, 3.05) is 13.1 Å². The van der Waals surface area contributed by atoms with E-state index in [9.17, 15) is 0 Å². The van der Waals surface area contributed by atoms with Crippen molar-refractivity contribution in [2.24, 2.45) is 5.41 Å². The molecule has 32 heavy (non-hydrogen) atoms. The maximum Gasteiger partial charge on any atom is 0.119 e. The molecule has 0 bridgehead atoms. The molecule has 0 amide bonds. The van der Waals surface area contributed by atoms with Crippen LogP contribution in [0.2, 0.25) is 0 Å². The molecule has 0 saturated heterocycles. The normalized spacial score (nSPS) is 12.5. The molecule has 0 aliphatic rings. The molecule has 0 aromatic heterocycles. The highest BCUT2D eigenvalue weighted by Gasteiger charge is 2.23. The van der Waals surface area contributed by atoms with Crippen molar-refractivity contribution in [2.45, 2.75) is 67.2 Å². The van der Waals surface area contributed by atoms with Crippen LogP contribution in [0.4, 0.5) is 0 Å². The summed E-state index contributed by atoms with van der Waals surface area (Å²) in [7, 11) is -0.605. The number of hydrogen-bond donors (Lipinski definition) is 0. The van der Waals surface area contributed by atoms with E-state index in [4.69, 9.17) is 4.74 Å². The molecule has 0 N–H and O–H groups in total. The second kappa shape index (κ2) is 11.5. The van der Waals surface area contributed by atoms with Gasteiger partial charge in [-0.15, -0.1) is 0 Å². The molecule has 0 radical (unpaired) electrons. The first-order valence-electron chi connectivity index (χ1n) is 11.7. The monoisotopic (exact) mass is 447 g/mol. The van der Waals surface area contributed by atoms with Crippen LogP contribution >= 0.6 is 0 Å². The molecule has 2 aromatic rings. The molecule has 0 aliphatic carbocycles. The highest BCUT2D eigenvalue weighted by molar-refractivity contribution is 6.57. The van der Waals surface area contributed by atoms with Crippen molar-refractivity contribution >= 4 is 14.7 Å². The fourth-order valence-electron chi connectivity index (χ4n) is 3.70. The molecular weight excluding hydrogens is 406 g/mol. The zero-order valence-electron chi connectivity index (χ0n) is 21.4. The van der Waals surface area contributed by atoms with E-state index in [1.165, 1.54) is 21.9 Å². The lowest BCUT2D eigenvalue weighted by Gasteiger charge is -2.28. The molecule has 0 unspecified atom stereocenters. The summed E-state index contributed by atoms with van der Waals surface area (Å²) < 4.78 is 6.53. The van der Waals surface area contributed by atoms with Gasteiger partial charge in [0.15, 0.2) is 0 Å². The van der Waals surface area contributed by atoms with Crippen LogP contribution in [-0.4, -0.2) is 32.7 Å². The number of hydrogen-bond acceptors (Lipinski definition) is 2. The zero-order chi connectivity index (χ0) is 23.8. The fourth-order valence-corrected chi connectivity index (χ4v) is 5.58. The Kier molecular flexibility index (Phi) is 9.37. The number of ether oxygens (including phenoxy) is 1. The standard InChI is InChI=1S/C29H41NOSi/c1-9-30(20-12-10-11-19-28(4,5)6)22-25-17-14-18-26(21-25)31-29(7,8)32-27-23(2)15-13-16-24(27)3/h10,12-18,21H,9,20,22,32H2,1-8H3/b12-10+. The van der Waals surface area contributed by atoms with Gasteiger partial charge in [0.2, 0.25) is 0 Å². The molecule has 0 heterocycles. The maximum atomic E-state index is 6.53. The third-order valence-electron chi connectivity index (χ3n) is 5.40. The Bertz CT molecular complexity index is 952. The van der Waals surface area contributed by atoms with Gasteiger partial charge in [0.25, 0.3) is 0 Å². The summed E-state index contributed by atoms with van der Waals surface area (Å²) in [5.74, 6) is 7.37. The second-order valence-corrected chi connectivity index (χ2v) is 13.1. The quantitative estimate of drug-likeness (QED) is 0.380. The lowest BCUT2D eigenvalue weighted by atomic mass is 9.98. The van der Waals surface area contributed by atoms with Crippen LogP contribution in [0.5, 0.6) is 5.75 Å². The predicted molar refractivity (Wildman–Crippen MR) is 143 cm³/mol. The Labute approximate surface area is 198 Å². The molecule has 0 spiro atoms. The number of nitrogens with zero attached hydrogens (tertiary/aromatic N) is 1. The van der Waals surface area contributed by atoms with E-state index >= 15 is 0 Å². The van der Waals surface area contributed by atoms with Crippen molar-refractivity contribution in [1.82, 2.24) is 4.90 Å². The Hall–Kier alpha value is -2.28. The molecule has 172 valence electrons. The number of allylic oxidation sites excluding steroid dienone is 1. The van der Waals surface area contributed by atoms with Crippen molar-refractivity contribution in [1.29, 1.82) is 0 Å². The zero-order valence-corrected chi connectivity index (χ0v) is 22.8. The van der Waals surface area contributed by atoms with Gasteiger partial charge in [-0.25, -0.2) is 0 Å². The van der Waals surface area contributed by atoms with Crippen LogP contribution in [0.25, 0.3) is 0 Å². The van der Waals surface area contributed by atoms with E-state index in [1.807, 2.05) is 6.08 Å². The highest BCUT2D eigenvalue weighted by Crippen LogP contribution is 2.21. The fraction of sp³-hybridized carbons (Fsp3) is 0.448. The van der Waals surface area contributed by atoms with Gasteiger partial charge in [-0.3, -0.25) is 4.90 Å². The van der Waals surface area contributed by atoms with Crippen LogP contribution in [0.15, 0.2) is 54.6 Å². The number of aryl methyl sites for hydroxylation is 2. The lowest BCUT2D eigenvalue weighted by Crippen LogP contribution is -2.44. The minimum atomic E-state index is -0.605. The van der Waals surface area contributed by atoms with E-state index in [-0.39, 0.29) is 10.6 Å². The van der Waals surface area contributed by atoms with Gasteiger partial charge in [0.05, 0.1) is 5.22 Å². The van der Waals surface area contributed by atoms with Crippen LogP contribution in [0.3, 0.4) is 0 Å². The summed E-state index contributed by atoms with van der Waals surface area (Å²) in [4.78, 5) is 2.41. The first-order valence-corrected chi connectivity index (χ1v) is 13.1. The average Bonchev–Trinajstić information content (AvgIpc) is 2.69. The highest BCUT2D eigenvalue weighted by atomic mass is 28.2. The average molecular weight is 448 g/mol. The lowest BCUT2D eigenvalue weighted by molar-refractivity contribution is 0.195. The van der Waals surface area contributed by atoms with Crippen molar-refractivity contribution in [3.05, 3.63) is 71.3 Å². The van der Waals surface area contributed by atoms with Gasteiger partial charge in [-0.2, -0.15) is 0 Å². The molecule has 2 aromatic carbocycles. The molecule has 0 aliphatic heterocycles. The van der Waals surface area contributed by atoms with Gasteiger partial charge in [-0.1, -0.05) is 71.5 Å². The Morgan fingerprint density at radius 1 is 1.00 bits per heavy atom. The van der Waals surface area contributed by atoms with Crippen LogP contribution in [0, 0.1) is 31.1 Å². The second-order valence-electron chi connectivity index (χ2n) is 10.3. The summed E-state index contributed by atoms with van der Waals surface area (Å²) in [5.41, 5.74) is 4.11. The third kappa shape index (κ3) is 9.07. The molecule has 2 rings (SSSR count). The number of rotatable bonds is 9. The van der Waals surface area contributed by atoms with E-state index in [0.717, 1.165) is 25.4 Å². The number of benzene rings is 2. The SMILES string of the molecule is CCN(C/C=C/C#CC(C)(C)C)Cc1cccc(OC(C)(C)[SiH2]c2c(C)cccc2C)c1. The van der Waals surface area contributed by atoms with Crippen molar-refractivity contribution in [3.63, 3.8) is 0 Å². The van der Waals surface area contributed by atoms with Gasteiger partial charge in [-0.05, 0) is 78.8 Å². The van der Waals surface area contributed by atoms with E-state index in [1.54, 1.807) is 0 Å². The summed E-state index contributed by atoms with van der Waals surface area (Å²) in [6, 6.07) is 15.2. The van der Waals surface area contributed by atoms with E-state index < -0.39 is 9.52 Å². The first kappa shape index (κ1) is 26.0. The number of likely N-dealkylation sites (N-methyl/N-ethyl adjacent to an activating group) is 1. The molecule has 2 nitrogen and oxygen atoms in total. The maximum absolute atomic E-state index is 6.53. The van der Waals surface area contributed by atoms with Gasteiger partial charge < -0.3 is 4.74 Å². The minimum absolute atomic E-state index is 0.0454. The molecular formula is C29H41NOSi. The minimum Gasteiger partial charge on any atom is -0.492 e. The Morgan fingerprint density at radius 2 is 1.66 bits per heavy atom. The van der Waals surface area contributed by atoms with Gasteiger partial charge >= 0.3 is 0 Å². The van der Waals surface area contributed by atoms with Crippen LogP contribution in [0.1, 0.15) is 58.2 Å². The van der Waals surface area contributed by atoms with Crippen LogP contribution in [-0.2, 0) is 6.54 Å². The largest absolute Gasteiger partial charge is 0.492 e. The molecule has 0 atom stereocenters. The summed E-state index contributed by atoms with van der Waals surface area (Å²) in [5, 5.41) is 1.38. The molecule has 0 saturated carbocycles. The molecule has 3 heteroatoms. The summed E-state index contributed by atoms with van der Waals surface area (Å²) in [6.07, 6.45) is 4.13. The van der Waals surface area contributed by atoms with E-state index in [0.29, 0.717) is 0 Å². The van der Waals surface area contributed by atoms with Crippen molar-refractivity contribution < 1.29 is 4.74 Å². The molecule has 0 fully saturated rings. The van der Waals surface area contributed by atoms with Gasteiger partial charge in [0.1, 0.15) is 15.3 Å². The first-order chi connectivity index (χ1) is 15.0. The third-order valence-corrected chi connectivity index (χ3v) is 7.87. The summed E-state index contributed by atoms with van der Waals surface area (Å²) >= 11 is 0. The Balaban J connectivity index is 2.02.